The lowest BCUT2D eigenvalue weighted by Gasteiger charge is -2.31. The molecule has 10 N–H and O–H groups in total. The average molecular weight is 865 g/mol. The highest BCUT2D eigenvalue weighted by molar-refractivity contribution is 5.96. The molecule has 2 fully saturated rings. The Balaban J connectivity index is 1.80. The first kappa shape index (κ1) is 49.6. The van der Waals surface area contributed by atoms with Gasteiger partial charge in [0.15, 0.2) is 5.82 Å². The maximum absolute atomic E-state index is 14.2. The number of amides is 5. The summed E-state index contributed by atoms with van der Waals surface area (Å²) >= 11 is 0. The van der Waals surface area contributed by atoms with Crippen molar-refractivity contribution in [1.82, 2.24) is 52.7 Å². The second-order valence-electron chi connectivity index (χ2n) is 16.3. The van der Waals surface area contributed by atoms with Crippen LogP contribution in [0, 0.1) is 17.8 Å². The maximum atomic E-state index is 14.2. The zero-order valence-corrected chi connectivity index (χ0v) is 35.0. The van der Waals surface area contributed by atoms with Crippen LogP contribution in [0.2, 0.25) is 0 Å². The molecule has 61 heavy (non-hydrogen) atoms. The molecule has 3 rings (SSSR count). The van der Waals surface area contributed by atoms with Gasteiger partial charge in [0.25, 0.3) is 0 Å². The second kappa shape index (κ2) is 23.9. The van der Waals surface area contributed by atoms with Crippen molar-refractivity contribution >= 4 is 53.4 Å². The number of nitrogens with one attached hydrogen (secondary N) is 7. The first-order valence-corrected chi connectivity index (χ1v) is 20.7. The Hall–Kier alpha value is -5.74. The number of carboxylic acids is 3. The van der Waals surface area contributed by atoms with Gasteiger partial charge in [0.2, 0.25) is 29.5 Å². The van der Waals surface area contributed by atoms with Crippen LogP contribution in [0.4, 0.5) is 0 Å². The summed E-state index contributed by atoms with van der Waals surface area (Å²) in [5.41, 5.74) is 1.15. The molecule has 0 radical (unpaired) electrons. The molecule has 6 atom stereocenters. The molecule has 0 spiro atoms. The molecule has 340 valence electrons. The van der Waals surface area contributed by atoms with Gasteiger partial charge >= 0.3 is 23.9 Å². The number of tetrazole rings is 1. The zero-order valence-electron chi connectivity index (χ0n) is 35.0. The van der Waals surface area contributed by atoms with Gasteiger partial charge in [-0.3, -0.25) is 43.2 Å². The number of aliphatic carboxylic acids is 3. The highest BCUT2D eigenvalue weighted by atomic mass is 16.7. The van der Waals surface area contributed by atoms with Crippen LogP contribution in [0.25, 0.3) is 0 Å². The Morgan fingerprint density at radius 1 is 0.738 bits per heavy atom. The minimum absolute atomic E-state index is 0.0341. The number of carboxylic acid groups (broad SMARTS) is 3. The Morgan fingerprint density at radius 2 is 1.34 bits per heavy atom. The molecule has 2 saturated carbocycles. The van der Waals surface area contributed by atoms with Crippen molar-refractivity contribution in [1.29, 1.82) is 0 Å². The Morgan fingerprint density at radius 3 is 1.90 bits per heavy atom. The third-order valence-electron chi connectivity index (χ3n) is 10.8. The molecule has 2 aliphatic rings. The number of nitrogens with zero attached hydrogens (tertiary/aromatic N) is 3. The van der Waals surface area contributed by atoms with Crippen molar-refractivity contribution in [3.63, 3.8) is 0 Å². The van der Waals surface area contributed by atoms with Gasteiger partial charge in [-0.05, 0) is 49.9 Å². The monoisotopic (exact) mass is 864 g/mol. The number of hydroxylamine groups is 1. The standard InChI is InChI=1S/C38H60N10O13/c1-5-21(4)31(36(60)41-25(18-22-9-7-6-8-10-22)35(59)43-38(15-16-38)37-44-47-48-45-37)42-33(57)24(17-20(2)3)40-32(56)23(11-12-27(49)50)39-34(58)26(19-29(53)54)46-61-30(55)14-13-28(51)52/h20-26,31,46H,5-19H2,1-4H3,(H,39,58)(H,40,56)(H,41,60)(H,42,57)(H,43,59)(H,49,50)(H,51,52)(H,53,54)(H,44,45,47,48)/t21-,23-,24+,25+,26+,31+/m1/s1. The van der Waals surface area contributed by atoms with Crippen LogP contribution in [0.3, 0.4) is 0 Å². The third-order valence-corrected chi connectivity index (χ3v) is 10.8. The molecule has 23 heteroatoms. The lowest BCUT2D eigenvalue weighted by atomic mass is 9.84. The van der Waals surface area contributed by atoms with Crippen LogP contribution in [0.5, 0.6) is 0 Å². The molecule has 0 aromatic carbocycles. The lowest BCUT2D eigenvalue weighted by molar-refractivity contribution is -0.159. The normalized spacial score (nSPS) is 17.6. The fraction of sp³-hybridized carbons (Fsp3) is 0.737. The number of aromatic nitrogens is 4. The van der Waals surface area contributed by atoms with E-state index in [0.717, 1.165) is 32.1 Å². The summed E-state index contributed by atoms with van der Waals surface area (Å²) in [7, 11) is 0. The van der Waals surface area contributed by atoms with E-state index in [9.17, 15) is 53.4 Å². The van der Waals surface area contributed by atoms with Crippen molar-refractivity contribution in [3.8, 4) is 0 Å². The summed E-state index contributed by atoms with van der Waals surface area (Å²) in [5, 5.41) is 55.1. The van der Waals surface area contributed by atoms with Crippen LogP contribution in [0.15, 0.2) is 0 Å². The predicted molar refractivity (Wildman–Crippen MR) is 210 cm³/mol. The number of hydrogen-bond donors (Lipinski definition) is 10. The molecule has 1 aromatic heterocycles. The smallest absolute Gasteiger partial charge is 0.325 e. The molecule has 0 aliphatic heterocycles. The molecule has 2 aliphatic carbocycles. The van der Waals surface area contributed by atoms with E-state index >= 15 is 0 Å². The maximum Gasteiger partial charge on any atom is 0.325 e. The molecule has 1 heterocycles. The first-order valence-electron chi connectivity index (χ1n) is 20.7. The fourth-order valence-corrected chi connectivity index (χ4v) is 6.97. The van der Waals surface area contributed by atoms with Gasteiger partial charge in [0.1, 0.15) is 35.7 Å². The van der Waals surface area contributed by atoms with Crippen molar-refractivity contribution in [3.05, 3.63) is 5.82 Å². The van der Waals surface area contributed by atoms with E-state index in [1.807, 2.05) is 12.4 Å². The number of rotatable bonds is 27. The highest BCUT2D eigenvalue weighted by Gasteiger charge is 2.50. The number of H-pyrrole nitrogens is 1. The molecular weight excluding hydrogens is 804 g/mol. The van der Waals surface area contributed by atoms with E-state index in [1.165, 1.54) is 0 Å². The molecule has 0 saturated heterocycles. The van der Waals surface area contributed by atoms with Gasteiger partial charge in [0, 0.05) is 6.42 Å². The topological polar surface area (TPSA) is 350 Å². The molecule has 1 aromatic rings. The van der Waals surface area contributed by atoms with E-state index in [4.69, 9.17) is 5.11 Å². The number of carbonyl (C=O) groups is 9. The Bertz CT molecular complexity index is 1700. The average Bonchev–Trinajstić information content (AvgIpc) is 3.75. The summed E-state index contributed by atoms with van der Waals surface area (Å²) < 4.78 is 0. The van der Waals surface area contributed by atoms with Crippen LogP contribution >= 0.6 is 0 Å². The third kappa shape index (κ3) is 16.7. The largest absolute Gasteiger partial charge is 0.481 e. The van der Waals surface area contributed by atoms with Gasteiger partial charge in [-0.1, -0.05) is 71.4 Å². The molecule has 0 unspecified atom stereocenters. The minimum Gasteiger partial charge on any atom is -0.481 e. The van der Waals surface area contributed by atoms with E-state index in [2.05, 4.69) is 52.0 Å². The van der Waals surface area contributed by atoms with Crippen molar-refractivity contribution < 1.29 is 63.3 Å². The van der Waals surface area contributed by atoms with Crippen LogP contribution in [-0.2, 0) is 53.5 Å². The van der Waals surface area contributed by atoms with Gasteiger partial charge < -0.3 is 46.7 Å². The van der Waals surface area contributed by atoms with Crippen molar-refractivity contribution in [2.75, 3.05) is 0 Å². The zero-order chi connectivity index (χ0) is 45.3. The number of hydrogen-bond acceptors (Lipinski definition) is 14. The summed E-state index contributed by atoms with van der Waals surface area (Å²) in [6.45, 7) is 7.10. The predicted octanol–water partition coefficient (Wildman–Crippen LogP) is -0.0725. The molecule has 23 nitrogen and oxygen atoms in total. The molecule has 5 amide bonds. The van der Waals surface area contributed by atoms with Crippen LogP contribution < -0.4 is 32.1 Å². The quantitative estimate of drug-likeness (QED) is 0.0517. The van der Waals surface area contributed by atoms with E-state index in [0.29, 0.717) is 31.5 Å². The lowest BCUT2D eigenvalue weighted by Crippen LogP contribution is -2.60. The number of aromatic amines is 1. The Kier molecular flexibility index (Phi) is 19.4. The van der Waals surface area contributed by atoms with Gasteiger partial charge in [-0.2, -0.15) is 5.21 Å². The van der Waals surface area contributed by atoms with E-state index in [-0.39, 0.29) is 18.3 Å². The summed E-state index contributed by atoms with van der Waals surface area (Å²) in [6.07, 6.45) is 3.56. The van der Waals surface area contributed by atoms with Crippen molar-refractivity contribution in [2.45, 2.75) is 160 Å². The Labute approximate surface area is 352 Å². The van der Waals surface area contributed by atoms with Gasteiger partial charge in [-0.25, -0.2) is 0 Å². The van der Waals surface area contributed by atoms with E-state index < -0.39 is 127 Å². The SMILES string of the molecule is CC[C@@H](C)[C@H](NC(=O)[C@H](CC(C)C)NC(=O)[C@@H](CCC(=O)O)NC(=O)[C@H](CC(=O)O)NOC(=O)CCC(=O)O)C(=O)N[C@@H](CC1CCCCC1)C(=O)NC1(c2nn[nH]n2)CC1. The highest BCUT2D eigenvalue weighted by Crippen LogP contribution is 2.43. The molecular formula is C38H60N10O13. The van der Waals surface area contributed by atoms with Gasteiger partial charge in [0.05, 0.1) is 19.3 Å². The first-order chi connectivity index (χ1) is 28.8. The van der Waals surface area contributed by atoms with Gasteiger partial charge in [-0.15, -0.1) is 15.7 Å². The van der Waals surface area contributed by atoms with Crippen LogP contribution in [0.1, 0.15) is 130 Å². The fourth-order valence-electron chi connectivity index (χ4n) is 6.97. The summed E-state index contributed by atoms with van der Waals surface area (Å²) in [6, 6.07) is -6.87. The summed E-state index contributed by atoms with van der Waals surface area (Å²) in [5.74, 6) is -9.45. The van der Waals surface area contributed by atoms with Crippen molar-refractivity contribution in [2.24, 2.45) is 17.8 Å². The molecule has 0 bridgehead atoms. The second-order valence-corrected chi connectivity index (χ2v) is 16.3. The number of carbonyl (C=O) groups excluding carboxylic acids is 6. The summed E-state index contributed by atoms with van der Waals surface area (Å²) in [4.78, 5) is 120. The minimum atomic E-state index is -1.80. The van der Waals surface area contributed by atoms with Crippen LogP contribution in [-0.4, -0.2) is 120 Å². The van der Waals surface area contributed by atoms with E-state index in [1.54, 1.807) is 20.8 Å².